The fourth-order valence-electron chi connectivity index (χ4n) is 0.870. The second-order valence-corrected chi connectivity index (χ2v) is 2.99. The highest BCUT2D eigenvalue weighted by molar-refractivity contribution is 9.10. The Hall–Kier alpha value is -1.03. The molecule has 0 saturated carbocycles. The topological polar surface area (TPSA) is 46.5 Å². The molecule has 4 heteroatoms. The number of hydrogen-bond donors (Lipinski definition) is 1. The summed E-state index contributed by atoms with van der Waals surface area (Å²) in [4.78, 5) is 10.4. The summed E-state index contributed by atoms with van der Waals surface area (Å²) in [5.74, 6) is 0.140. The molecule has 0 aliphatic heterocycles. The third-order valence-electron chi connectivity index (χ3n) is 1.44. The van der Waals surface area contributed by atoms with Gasteiger partial charge in [0.25, 0.3) is 0 Å². The van der Waals surface area contributed by atoms with Gasteiger partial charge >= 0.3 is 0 Å². The van der Waals surface area contributed by atoms with Gasteiger partial charge in [-0.15, -0.1) is 0 Å². The fraction of sp³-hybridized carbons (Fsp3) is 0.125. The molecular weight excluding hydrogens is 224 g/mol. The lowest BCUT2D eigenvalue weighted by atomic mass is 10.2. The van der Waals surface area contributed by atoms with Crippen molar-refractivity contribution in [3.05, 3.63) is 22.2 Å². The fourth-order valence-corrected chi connectivity index (χ4v) is 1.18. The Morgan fingerprint density at radius 2 is 2.25 bits per heavy atom. The van der Waals surface area contributed by atoms with E-state index < -0.39 is 0 Å². The van der Waals surface area contributed by atoms with Crippen molar-refractivity contribution in [3.63, 3.8) is 0 Å². The highest BCUT2D eigenvalue weighted by Gasteiger charge is 2.10. The number of rotatable bonds is 2. The molecule has 1 rings (SSSR count). The minimum absolute atomic E-state index is 0.0536. The minimum Gasteiger partial charge on any atom is -0.503 e. The molecule has 64 valence electrons. The first-order valence-electron chi connectivity index (χ1n) is 3.21. The van der Waals surface area contributed by atoms with Gasteiger partial charge < -0.3 is 9.84 Å². The van der Waals surface area contributed by atoms with Crippen LogP contribution < -0.4 is 4.74 Å². The van der Waals surface area contributed by atoms with Gasteiger partial charge in [-0.2, -0.15) is 0 Å². The summed E-state index contributed by atoms with van der Waals surface area (Å²) >= 11 is 3.10. The molecule has 0 unspecified atom stereocenters. The second-order valence-electron chi connectivity index (χ2n) is 2.14. The molecule has 0 fully saturated rings. The third-order valence-corrected chi connectivity index (χ3v) is 2.08. The molecular formula is C8H7BrO3. The summed E-state index contributed by atoms with van der Waals surface area (Å²) in [5, 5.41) is 9.38. The van der Waals surface area contributed by atoms with E-state index in [1.807, 2.05) is 0 Å². The summed E-state index contributed by atoms with van der Waals surface area (Å²) in [6, 6.07) is 3.15. The Bertz CT molecular complexity index is 309. The van der Waals surface area contributed by atoms with Gasteiger partial charge in [0.2, 0.25) is 0 Å². The van der Waals surface area contributed by atoms with Gasteiger partial charge in [0.05, 0.1) is 17.1 Å². The molecule has 0 amide bonds. The number of phenolic OH excluding ortho intramolecular Hbond substituents is 1. The zero-order valence-corrected chi connectivity index (χ0v) is 7.96. The molecule has 1 aromatic rings. The molecule has 0 aliphatic carbocycles. The van der Waals surface area contributed by atoms with Crippen molar-refractivity contribution in [3.8, 4) is 11.5 Å². The van der Waals surface area contributed by atoms with Gasteiger partial charge in [0.1, 0.15) is 0 Å². The number of aromatic hydroxyl groups is 1. The predicted octanol–water partition coefficient (Wildman–Crippen LogP) is 1.98. The number of hydrogen-bond acceptors (Lipinski definition) is 3. The van der Waals surface area contributed by atoms with Crippen LogP contribution in [0.5, 0.6) is 11.5 Å². The molecule has 0 heterocycles. The van der Waals surface area contributed by atoms with Crippen molar-refractivity contribution in [2.75, 3.05) is 7.11 Å². The Kier molecular flexibility index (Phi) is 2.70. The average Bonchev–Trinajstić information content (AvgIpc) is 2.09. The standard InChI is InChI=1S/C8H7BrO3/c1-12-8-5(4-10)2-3-6(9)7(8)11/h2-4,11H,1H3. The van der Waals surface area contributed by atoms with E-state index in [0.29, 0.717) is 16.3 Å². The number of phenols is 1. The van der Waals surface area contributed by atoms with Crippen molar-refractivity contribution < 1.29 is 14.6 Å². The van der Waals surface area contributed by atoms with Crippen LogP contribution in [-0.2, 0) is 0 Å². The van der Waals surface area contributed by atoms with Crippen LogP contribution in [0.3, 0.4) is 0 Å². The quantitative estimate of drug-likeness (QED) is 0.791. The third kappa shape index (κ3) is 1.43. The van der Waals surface area contributed by atoms with Crippen molar-refractivity contribution in [2.45, 2.75) is 0 Å². The van der Waals surface area contributed by atoms with E-state index in [9.17, 15) is 9.90 Å². The normalized spacial score (nSPS) is 9.50. The number of ether oxygens (including phenoxy) is 1. The number of halogens is 1. The van der Waals surface area contributed by atoms with E-state index in [2.05, 4.69) is 15.9 Å². The van der Waals surface area contributed by atoms with Gasteiger partial charge in [0, 0.05) is 0 Å². The average molecular weight is 231 g/mol. The molecule has 0 aliphatic rings. The van der Waals surface area contributed by atoms with Crippen LogP contribution in [-0.4, -0.2) is 18.5 Å². The van der Waals surface area contributed by atoms with Crippen molar-refractivity contribution in [2.24, 2.45) is 0 Å². The zero-order chi connectivity index (χ0) is 9.14. The summed E-state index contributed by atoms with van der Waals surface area (Å²) in [7, 11) is 1.40. The first-order chi connectivity index (χ1) is 5.70. The van der Waals surface area contributed by atoms with E-state index in [1.54, 1.807) is 12.1 Å². The molecule has 1 N–H and O–H groups in total. The Balaban J connectivity index is 3.35. The summed E-state index contributed by atoms with van der Waals surface area (Å²) < 4.78 is 5.34. The van der Waals surface area contributed by atoms with Gasteiger partial charge in [-0.05, 0) is 28.1 Å². The molecule has 0 aromatic heterocycles. The summed E-state index contributed by atoms with van der Waals surface area (Å²) in [6.45, 7) is 0. The number of benzene rings is 1. The van der Waals surface area contributed by atoms with Crippen LogP contribution in [0.15, 0.2) is 16.6 Å². The van der Waals surface area contributed by atoms with Crippen LogP contribution in [0, 0.1) is 0 Å². The van der Waals surface area contributed by atoms with Crippen LogP contribution in [0.2, 0.25) is 0 Å². The first-order valence-corrected chi connectivity index (χ1v) is 4.00. The lowest BCUT2D eigenvalue weighted by Crippen LogP contribution is -1.90. The molecule has 0 radical (unpaired) electrons. The highest BCUT2D eigenvalue weighted by atomic mass is 79.9. The predicted molar refractivity (Wildman–Crippen MR) is 47.7 cm³/mol. The largest absolute Gasteiger partial charge is 0.503 e. The Morgan fingerprint density at radius 3 is 2.75 bits per heavy atom. The molecule has 12 heavy (non-hydrogen) atoms. The molecule has 0 saturated heterocycles. The van der Waals surface area contributed by atoms with Crippen molar-refractivity contribution in [1.29, 1.82) is 0 Å². The molecule has 0 spiro atoms. The maximum absolute atomic E-state index is 10.4. The van der Waals surface area contributed by atoms with Crippen LogP contribution >= 0.6 is 15.9 Å². The monoisotopic (exact) mass is 230 g/mol. The van der Waals surface area contributed by atoms with Crippen molar-refractivity contribution >= 4 is 22.2 Å². The maximum Gasteiger partial charge on any atom is 0.172 e. The second kappa shape index (κ2) is 3.58. The van der Waals surface area contributed by atoms with Gasteiger partial charge in [-0.1, -0.05) is 0 Å². The number of carbonyl (C=O) groups excluding carboxylic acids is 1. The Morgan fingerprint density at radius 1 is 1.58 bits per heavy atom. The zero-order valence-electron chi connectivity index (χ0n) is 6.37. The molecule has 1 aromatic carbocycles. The minimum atomic E-state index is -0.0536. The molecule has 0 bridgehead atoms. The van der Waals surface area contributed by atoms with Gasteiger partial charge in [-0.25, -0.2) is 0 Å². The van der Waals surface area contributed by atoms with E-state index in [0.717, 1.165) is 0 Å². The van der Waals surface area contributed by atoms with E-state index in [1.165, 1.54) is 7.11 Å². The maximum atomic E-state index is 10.4. The summed E-state index contributed by atoms with van der Waals surface area (Å²) in [6.07, 6.45) is 0.630. The van der Waals surface area contributed by atoms with E-state index in [4.69, 9.17) is 4.74 Å². The first kappa shape index (κ1) is 9.06. The van der Waals surface area contributed by atoms with Gasteiger partial charge in [-0.3, -0.25) is 4.79 Å². The summed E-state index contributed by atoms with van der Waals surface area (Å²) in [5.41, 5.74) is 0.332. The van der Waals surface area contributed by atoms with Crippen molar-refractivity contribution in [1.82, 2.24) is 0 Å². The van der Waals surface area contributed by atoms with Gasteiger partial charge in [0.15, 0.2) is 17.8 Å². The van der Waals surface area contributed by atoms with Crippen LogP contribution in [0.25, 0.3) is 0 Å². The number of methoxy groups -OCH3 is 1. The smallest absolute Gasteiger partial charge is 0.172 e. The number of aldehydes is 1. The molecule has 0 atom stereocenters. The van der Waals surface area contributed by atoms with E-state index in [-0.39, 0.29) is 11.5 Å². The lowest BCUT2D eigenvalue weighted by molar-refractivity contribution is 0.112. The van der Waals surface area contributed by atoms with Crippen LogP contribution in [0.1, 0.15) is 10.4 Å². The van der Waals surface area contributed by atoms with Crippen LogP contribution in [0.4, 0.5) is 0 Å². The highest BCUT2D eigenvalue weighted by Crippen LogP contribution is 2.35. The Labute approximate surface area is 78.1 Å². The number of carbonyl (C=O) groups is 1. The van der Waals surface area contributed by atoms with E-state index >= 15 is 0 Å². The lowest BCUT2D eigenvalue weighted by Gasteiger charge is -2.06. The SMILES string of the molecule is COc1c(C=O)ccc(Br)c1O. The molecule has 3 nitrogen and oxygen atoms in total.